The van der Waals surface area contributed by atoms with Crippen LogP contribution in [0, 0.1) is 4.64 Å². The standard InChI is InChI=1S/C12H20N2O2S/c1-9(2)10-8-12(17)14-11(13-10)4-5-16-7-6-15-3/h8-9H,4-7H2,1-3H3,(H,13,14,17). The second-order valence-electron chi connectivity index (χ2n) is 4.13. The summed E-state index contributed by atoms with van der Waals surface area (Å²) in [6.45, 7) is 6.11. The van der Waals surface area contributed by atoms with Gasteiger partial charge in [-0.25, -0.2) is 4.98 Å². The molecular weight excluding hydrogens is 236 g/mol. The number of rotatable bonds is 7. The molecule has 0 amide bonds. The molecule has 0 unspecified atom stereocenters. The molecule has 1 aromatic rings. The van der Waals surface area contributed by atoms with Gasteiger partial charge < -0.3 is 14.5 Å². The zero-order valence-electron chi connectivity index (χ0n) is 10.7. The zero-order chi connectivity index (χ0) is 12.7. The van der Waals surface area contributed by atoms with Gasteiger partial charge in [0, 0.05) is 19.2 Å². The molecule has 0 aliphatic rings. The molecule has 1 N–H and O–H groups in total. The Hall–Kier alpha value is -0.780. The normalized spacial score (nSPS) is 11.1. The smallest absolute Gasteiger partial charge is 0.129 e. The van der Waals surface area contributed by atoms with Crippen molar-refractivity contribution in [2.45, 2.75) is 26.2 Å². The van der Waals surface area contributed by atoms with Crippen LogP contribution in [0.25, 0.3) is 0 Å². The third kappa shape index (κ3) is 5.39. The summed E-state index contributed by atoms with van der Waals surface area (Å²) < 4.78 is 10.9. The van der Waals surface area contributed by atoms with Crippen LogP contribution >= 0.6 is 12.2 Å². The Morgan fingerprint density at radius 2 is 2.12 bits per heavy atom. The van der Waals surface area contributed by atoms with Gasteiger partial charge in [0.25, 0.3) is 0 Å². The Bertz CT molecular complexity index is 390. The Kier molecular flexibility index (Phi) is 6.32. The van der Waals surface area contributed by atoms with Gasteiger partial charge >= 0.3 is 0 Å². The van der Waals surface area contributed by atoms with Crippen molar-refractivity contribution >= 4 is 12.2 Å². The maximum absolute atomic E-state index is 5.40. The summed E-state index contributed by atoms with van der Waals surface area (Å²) in [7, 11) is 1.66. The summed E-state index contributed by atoms with van der Waals surface area (Å²) in [5.41, 5.74) is 1.12. The maximum atomic E-state index is 5.40. The number of aromatic nitrogens is 2. The van der Waals surface area contributed by atoms with Gasteiger partial charge in [0.1, 0.15) is 10.5 Å². The Morgan fingerprint density at radius 1 is 1.35 bits per heavy atom. The van der Waals surface area contributed by atoms with E-state index in [4.69, 9.17) is 21.7 Å². The highest BCUT2D eigenvalue weighted by molar-refractivity contribution is 7.71. The quantitative estimate of drug-likeness (QED) is 0.601. The number of nitrogens with one attached hydrogen (secondary N) is 1. The van der Waals surface area contributed by atoms with Gasteiger partial charge in [-0.15, -0.1) is 0 Å². The largest absolute Gasteiger partial charge is 0.382 e. The number of H-pyrrole nitrogens is 1. The molecule has 0 atom stereocenters. The fourth-order valence-electron chi connectivity index (χ4n) is 1.37. The zero-order valence-corrected chi connectivity index (χ0v) is 11.5. The minimum atomic E-state index is 0.424. The first-order valence-corrected chi connectivity index (χ1v) is 6.21. The van der Waals surface area contributed by atoms with Crippen LogP contribution in [-0.2, 0) is 15.9 Å². The second-order valence-corrected chi connectivity index (χ2v) is 4.55. The molecule has 4 nitrogen and oxygen atoms in total. The first-order valence-electron chi connectivity index (χ1n) is 5.80. The summed E-state index contributed by atoms with van der Waals surface area (Å²) in [4.78, 5) is 7.57. The summed E-state index contributed by atoms with van der Waals surface area (Å²) in [6, 6.07) is 1.91. The van der Waals surface area contributed by atoms with Crippen LogP contribution in [0.4, 0.5) is 0 Å². The van der Waals surface area contributed by atoms with Gasteiger partial charge in [-0.1, -0.05) is 26.1 Å². The Labute approximate surface area is 107 Å². The maximum Gasteiger partial charge on any atom is 0.129 e. The molecule has 0 bridgehead atoms. The summed E-state index contributed by atoms with van der Waals surface area (Å²) in [6.07, 6.45) is 0.744. The molecule has 5 heteroatoms. The molecule has 96 valence electrons. The van der Waals surface area contributed by atoms with Crippen molar-refractivity contribution in [3.05, 3.63) is 22.2 Å². The van der Waals surface area contributed by atoms with Gasteiger partial charge in [-0.05, 0) is 12.0 Å². The SMILES string of the molecule is COCCOCCc1nc(=S)cc(C(C)C)[nH]1. The third-order valence-corrected chi connectivity index (χ3v) is 2.56. The number of nitrogens with zero attached hydrogens (tertiary/aromatic N) is 1. The average Bonchev–Trinajstić information content (AvgIpc) is 2.28. The van der Waals surface area contributed by atoms with Crippen LogP contribution in [-0.4, -0.2) is 36.9 Å². The van der Waals surface area contributed by atoms with E-state index in [1.807, 2.05) is 6.07 Å². The minimum absolute atomic E-state index is 0.424. The Balaban J connectivity index is 2.50. The molecule has 17 heavy (non-hydrogen) atoms. The number of hydrogen-bond donors (Lipinski definition) is 1. The van der Waals surface area contributed by atoms with E-state index in [0.717, 1.165) is 17.9 Å². The topological polar surface area (TPSA) is 47.1 Å². The Morgan fingerprint density at radius 3 is 2.76 bits per heavy atom. The molecule has 0 aromatic carbocycles. The van der Waals surface area contributed by atoms with Crippen LogP contribution in [0.15, 0.2) is 6.07 Å². The van der Waals surface area contributed by atoms with Crippen LogP contribution in [0.5, 0.6) is 0 Å². The molecule has 0 saturated heterocycles. The first kappa shape index (κ1) is 14.3. The molecule has 0 fully saturated rings. The van der Waals surface area contributed by atoms with E-state index in [1.54, 1.807) is 7.11 Å². The van der Waals surface area contributed by atoms with Crippen LogP contribution in [0.2, 0.25) is 0 Å². The van der Waals surface area contributed by atoms with E-state index >= 15 is 0 Å². The van der Waals surface area contributed by atoms with Gasteiger partial charge in [0.15, 0.2) is 0 Å². The highest BCUT2D eigenvalue weighted by Crippen LogP contribution is 2.11. The average molecular weight is 256 g/mol. The highest BCUT2D eigenvalue weighted by atomic mass is 32.1. The molecule has 0 radical (unpaired) electrons. The van der Waals surface area contributed by atoms with Crippen molar-refractivity contribution in [2.24, 2.45) is 0 Å². The highest BCUT2D eigenvalue weighted by Gasteiger charge is 2.03. The predicted molar refractivity (Wildman–Crippen MR) is 69.9 cm³/mol. The summed E-state index contributed by atoms with van der Waals surface area (Å²) in [5, 5.41) is 0. The van der Waals surface area contributed by atoms with Crippen molar-refractivity contribution in [1.29, 1.82) is 0 Å². The van der Waals surface area contributed by atoms with E-state index < -0.39 is 0 Å². The van der Waals surface area contributed by atoms with Crippen molar-refractivity contribution < 1.29 is 9.47 Å². The van der Waals surface area contributed by atoms with Crippen molar-refractivity contribution in [1.82, 2.24) is 9.97 Å². The van der Waals surface area contributed by atoms with Gasteiger partial charge in [-0.3, -0.25) is 0 Å². The van der Waals surface area contributed by atoms with Crippen molar-refractivity contribution in [3.8, 4) is 0 Å². The van der Waals surface area contributed by atoms with Gasteiger partial charge in [-0.2, -0.15) is 0 Å². The third-order valence-electron chi connectivity index (χ3n) is 2.35. The molecule has 0 saturated carbocycles. The minimum Gasteiger partial charge on any atom is -0.382 e. The van der Waals surface area contributed by atoms with Gasteiger partial charge in [0.2, 0.25) is 0 Å². The molecule has 0 spiro atoms. The fourth-order valence-corrected chi connectivity index (χ4v) is 1.61. The summed E-state index contributed by atoms with van der Waals surface area (Å²) >= 11 is 5.13. The number of methoxy groups -OCH3 is 1. The molecule has 1 rings (SSSR count). The van der Waals surface area contributed by atoms with E-state index in [0.29, 0.717) is 30.4 Å². The molecule has 0 aliphatic carbocycles. The van der Waals surface area contributed by atoms with Crippen molar-refractivity contribution in [2.75, 3.05) is 26.9 Å². The number of aromatic amines is 1. The molecule has 1 heterocycles. The summed E-state index contributed by atoms with van der Waals surface area (Å²) in [5.74, 6) is 1.31. The number of hydrogen-bond acceptors (Lipinski definition) is 4. The lowest BCUT2D eigenvalue weighted by molar-refractivity contribution is 0.0716. The monoisotopic (exact) mass is 256 g/mol. The predicted octanol–water partition coefficient (Wildman–Crippen LogP) is 2.47. The molecule has 1 aromatic heterocycles. The van der Waals surface area contributed by atoms with E-state index in [2.05, 4.69) is 23.8 Å². The van der Waals surface area contributed by atoms with E-state index in [1.165, 1.54) is 0 Å². The molecule has 0 aliphatic heterocycles. The van der Waals surface area contributed by atoms with E-state index in [-0.39, 0.29) is 0 Å². The lowest BCUT2D eigenvalue weighted by Gasteiger charge is -2.08. The number of ether oxygens (including phenoxy) is 2. The van der Waals surface area contributed by atoms with Crippen LogP contribution in [0.1, 0.15) is 31.3 Å². The first-order chi connectivity index (χ1) is 8.13. The van der Waals surface area contributed by atoms with Gasteiger partial charge in [0.05, 0.1) is 19.8 Å². The van der Waals surface area contributed by atoms with Crippen LogP contribution in [0.3, 0.4) is 0 Å². The van der Waals surface area contributed by atoms with E-state index in [9.17, 15) is 0 Å². The fraction of sp³-hybridized carbons (Fsp3) is 0.667. The van der Waals surface area contributed by atoms with Crippen LogP contribution < -0.4 is 0 Å². The lowest BCUT2D eigenvalue weighted by Crippen LogP contribution is -2.08. The molecular formula is C12H20N2O2S. The second kappa shape index (κ2) is 7.53. The lowest BCUT2D eigenvalue weighted by atomic mass is 10.1. The van der Waals surface area contributed by atoms with Crippen molar-refractivity contribution in [3.63, 3.8) is 0 Å².